The quantitative estimate of drug-likeness (QED) is 0.906. The summed E-state index contributed by atoms with van der Waals surface area (Å²) in [5.74, 6) is -0.743. The van der Waals surface area contributed by atoms with Crippen LogP contribution in [0.3, 0.4) is 0 Å². The number of nitrogens with one attached hydrogen (secondary N) is 1. The standard InChI is InChI=1S/C18H21NO4/c1-10-14-5-3-4-6-15(14)23-16(10)11(2)19-17(20)12-7-8-13(9-12)18(21)22/h3-6,11-13H,7-9H2,1-2H3,(H,19,20)(H,21,22)/t11-,12+,13-/m0/s1. The largest absolute Gasteiger partial charge is 0.481 e. The van der Waals surface area contributed by atoms with Crippen LogP contribution in [-0.4, -0.2) is 17.0 Å². The van der Waals surface area contributed by atoms with Crippen molar-refractivity contribution in [2.24, 2.45) is 11.8 Å². The summed E-state index contributed by atoms with van der Waals surface area (Å²) in [4.78, 5) is 23.4. The molecule has 5 nitrogen and oxygen atoms in total. The fraction of sp³-hybridized carbons (Fsp3) is 0.444. The second-order valence-corrected chi connectivity index (χ2v) is 6.36. The summed E-state index contributed by atoms with van der Waals surface area (Å²) in [7, 11) is 0. The van der Waals surface area contributed by atoms with Crippen molar-refractivity contribution in [3.05, 3.63) is 35.6 Å². The van der Waals surface area contributed by atoms with Crippen molar-refractivity contribution in [2.45, 2.75) is 39.2 Å². The molecule has 122 valence electrons. The highest BCUT2D eigenvalue weighted by molar-refractivity contribution is 5.83. The molecule has 5 heteroatoms. The Morgan fingerprint density at radius 2 is 1.96 bits per heavy atom. The first kappa shape index (κ1) is 15.6. The zero-order chi connectivity index (χ0) is 16.6. The molecule has 0 bridgehead atoms. The van der Waals surface area contributed by atoms with Crippen LogP contribution >= 0.6 is 0 Å². The number of carboxylic acids is 1. The summed E-state index contributed by atoms with van der Waals surface area (Å²) in [5, 5.41) is 13.1. The first-order valence-electron chi connectivity index (χ1n) is 7.98. The van der Waals surface area contributed by atoms with Gasteiger partial charge in [-0.05, 0) is 39.2 Å². The molecule has 1 saturated carbocycles. The predicted octanol–water partition coefficient (Wildman–Crippen LogP) is 3.42. The molecule has 0 spiro atoms. The predicted molar refractivity (Wildman–Crippen MR) is 86.0 cm³/mol. The molecule has 0 radical (unpaired) electrons. The highest BCUT2D eigenvalue weighted by atomic mass is 16.4. The zero-order valence-corrected chi connectivity index (χ0v) is 13.3. The molecule has 1 amide bonds. The summed E-state index contributed by atoms with van der Waals surface area (Å²) in [6.07, 6.45) is 1.63. The van der Waals surface area contributed by atoms with Crippen molar-refractivity contribution in [3.8, 4) is 0 Å². The topological polar surface area (TPSA) is 79.5 Å². The minimum absolute atomic E-state index is 0.0823. The molecule has 1 aromatic carbocycles. The van der Waals surface area contributed by atoms with Crippen LogP contribution in [0.25, 0.3) is 11.0 Å². The molecule has 23 heavy (non-hydrogen) atoms. The number of para-hydroxylation sites is 1. The number of aliphatic carboxylic acids is 1. The van der Waals surface area contributed by atoms with Crippen LogP contribution in [0.4, 0.5) is 0 Å². The molecule has 2 N–H and O–H groups in total. The molecular weight excluding hydrogens is 294 g/mol. The number of benzene rings is 1. The molecule has 1 heterocycles. The average molecular weight is 315 g/mol. The first-order valence-corrected chi connectivity index (χ1v) is 7.98. The summed E-state index contributed by atoms with van der Waals surface area (Å²) < 4.78 is 5.87. The van der Waals surface area contributed by atoms with E-state index in [-0.39, 0.29) is 17.9 Å². The number of carboxylic acid groups (broad SMARTS) is 1. The van der Waals surface area contributed by atoms with Gasteiger partial charge >= 0.3 is 5.97 Å². The Hall–Kier alpha value is -2.30. The molecule has 2 aromatic rings. The van der Waals surface area contributed by atoms with Gasteiger partial charge in [0.15, 0.2) is 0 Å². The average Bonchev–Trinajstić information content (AvgIpc) is 3.13. The summed E-state index contributed by atoms with van der Waals surface area (Å²) in [6, 6.07) is 7.56. The van der Waals surface area contributed by atoms with E-state index < -0.39 is 11.9 Å². The SMILES string of the molecule is Cc1c([C@H](C)NC(=O)[C@@H]2CC[C@H](C(=O)O)C2)oc2ccccc12. The van der Waals surface area contributed by atoms with Gasteiger partial charge in [-0.3, -0.25) is 9.59 Å². The van der Waals surface area contributed by atoms with E-state index in [4.69, 9.17) is 9.52 Å². The first-order chi connectivity index (χ1) is 11.0. The third-order valence-corrected chi connectivity index (χ3v) is 4.79. The Bertz CT molecular complexity index is 749. The van der Waals surface area contributed by atoms with E-state index in [1.54, 1.807) is 0 Å². The van der Waals surface area contributed by atoms with E-state index >= 15 is 0 Å². The Kier molecular flexibility index (Phi) is 4.11. The molecule has 1 aliphatic rings. The van der Waals surface area contributed by atoms with E-state index in [0.29, 0.717) is 19.3 Å². The number of amides is 1. The van der Waals surface area contributed by atoms with Gasteiger partial charge in [-0.2, -0.15) is 0 Å². The van der Waals surface area contributed by atoms with Gasteiger partial charge in [0.25, 0.3) is 0 Å². The maximum atomic E-state index is 12.4. The maximum Gasteiger partial charge on any atom is 0.306 e. The second-order valence-electron chi connectivity index (χ2n) is 6.36. The lowest BCUT2D eigenvalue weighted by atomic mass is 10.0. The number of hydrogen-bond acceptors (Lipinski definition) is 3. The van der Waals surface area contributed by atoms with Gasteiger partial charge in [0.05, 0.1) is 12.0 Å². The minimum atomic E-state index is -0.804. The Labute approximate surface area is 134 Å². The molecule has 3 rings (SSSR count). The van der Waals surface area contributed by atoms with Crippen LogP contribution in [0.15, 0.2) is 28.7 Å². The highest BCUT2D eigenvalue weighted by Gasteiger charge is 2.34. The van der Waals surface area contributed by atoms with E-state index in [9.17, 15) is 9.59 Å². The van der Waals surface area contributed by atoms with Gasteiger partial charge in [0, 0.05) is 16.9 Å². The third kappa shape index (κ3) is 2.96. The van der Waals surface area contributed by atoms with Crippen molar-refractivity contribution in [1.82, 2.24) is 5.32 Å². The van der Waals surface area contributed by atoms with Crippen molar-refractivity contribution in [1.29, 1.82) is 0 Å². The Morgan fingerprint density at radius 1 is 1.26 bits per heavy atom. The number of rotatable bonds is 4. The minimum Gasteiger partial charge on any atom is -0.481 e. The van der Waals surface area contributed by atoms with Crippen LogP contribution in [0, 0.1) is 18.8 Å². The van der Waals surface area contributed by atoms with Gasteiger partial charge in [0.2, 0.25) is 5.91 Å². The lowest BCUT2D eigenvalue weighted by molar-refractivity contribution is -0.141. The number of carbonyl (C=O) groups is 2. The summed E-state index contributed by atoms with van der Waals surface area (Å²) in [6.45, 7) is 3.88. The van der Waals surface area contributed by atoms with E-state index in [2.05, 4.69) is 5.32 Å². The number of hydrogen-bond donors (Lipinski definition) is 2. The van der Waals surface area contributed by atoms with Crippen LogP contribution in [-0.2, 0) is 9.59 Å². The maximum absolute atomic E-state index is 12.4. The third-order valence-electron chi connectivity index (χ3n) is 4.79. The fourth-order valence-corrected chi connectivity index (χ4v) is 3.45. The van der Waals surface area contributed by atoms with Crippen molar-refractivity contribution >= 4 is 22.8 Å². The van der Waals surface area contributed by atoms with E-state index in [1.165, 1.54) is 0 Å². The van der Waals surface area contributed by atoms with E-state index in [0.717, 1.165) is 22.3 Å². The van der Waals surface area contributed by atoms with Crippen LogP contribution in [0.1, 0.15) is 43.6 Å². The number of fused-ring (bicyclic) bond motifs is 1. The Balaban J connectivity index is 1.71. The van der Waals surface area contributed by atoms with Crippen LogP contribution in [0.5, 0.6) is 0 Å². The smallest absolute Gasteiger partial charge is 0.306 e. The lowest BCUT2D eigenvalue weighted by Gasteiger charge is -2.16. The van der Waals surface area contributed by atoms with Crippen LogP contribution < -0.4 is 5.32 Å². The van der Waals surface area contributed by atoms with Gasteiger partial charge in [-0.1, -0.05) is 18.2 Å². The van der Waals surface area contributed by atoms with Gasteiger partial charge in [-0.15, -0.1) is 0 Å². The normalized spacial score (nSPS) is 22.2. The number of carbonyl (C=O) groups excluding carboxylic acids is 1. The monoisotopic (exact) mass is 315 g/mol. The number of furan rings is 1. The summed E-state index contributed by atoms with van der Waals surface area (Å²) in [5.41, 5.74) is 1.84. The molecule has 1 aliphatic carbocycles. The fourth-order valence-electron chi connectivity index (χ4n) is 3.45. The number of aryl methyl sites for hydroxylation is 1. The molecule has 1 fully saturated rings. The van der Waals surface area contributed by atoms with E-state index in [1.807, 2.05) is 38.1 Å². The summed E-state index contributed by atoms with van der Waals surface area (Å²) >= 11 is 0. The van der Waals surface area contributed by atoms with Gasteiger partial charge < -0.3 is 14.8 Å². The molecule has 0 saturated heterocycles. The van der Waals surface area contributed by atoms with Gasteiger partial charge in [-0.25, -0.2) is 0 Å². The molecular formula is C18H21NO4. The van der Waals surface area contributed by atoms with Crippen molar-refractivity contribution in [3.63, 3.8) is 0 Å². The Morgan fingerprint density at radius 3 is 2.61 bits per heavy atom. The lowest BCUT2D eigenvalue weighted by Crippen LogP contribution is -2.32. The van der Waals surface area contributed by atoms with Crippen molar-refractivity contribution < 1.29 is 19.1 Å². The van der Waals surface area contributed by atoms with Crippen LogP contribution in [0.2, 0.25) is 0 Å². The molecule has 1 aromatic heterocycles. The second kappa shape index (κ2) is 6.07. The highest BCUT2D eigenvalue weighted by Crippen LogP contribution is 2.33. The van der Waals surface area contributed by atoms with Crippen molar-refractivity contribution in [2.75, 3.05) is 0 Å². The molecule has 0 unspecified atom stereocenters. The van der Waals surface area contributed by atoms with Gasteiger partial charge in [0.1, 0.15) is 11.3 Å². The molecule has 0 aliphatic heterocycles. The zero-order valence-electron chi connectivity index (χ0n) is 13.3. The molecule has 3 atom stereocenters.